The molecule has 1 fully saturated rings. The predicted octanol–water partition coefficient (Wildman–Crippen LogP) is 2.88. The summed E-state index contributed by atoms with van der Waals surface area (Å²) in [6, 6.07) is 10.6. The number of nitrogens with zero attached hydrogens (tertiary/aromatic N) is 1. The molecule has 0 radical (unpaired) electrons. The van der Waals surface area contributed by atoms with Gasteiger partial charge in [0, 0.05) is 29.7 Å². The molecule has 1 aromatic carbocycles. The Hall–Kier alpha value is -2.07. The lowest BCUT2D eigenvalue weighted by Crippen LogP contribution is -2.45. The van der Waals surface area contributed by atoms with Crippen LogP contribution < -0.4 is 10.6 Å². The lowest BCUT2D eigenvalue weighted by Gasteiger charge is -2.23. The summed E-state index contributed by atoms with van der Waals surface area (Å²) in [5.41, 5.74) is 5.18. The lowest BCUT2D eigenvalue weighted by molar-refractivity contribution is 0.0930. The van der Waals surface area contributed by atoms with Crippen molar-refractivity contribution in [2.75, 3.05) is 13.1 Å². The van der Waals surface area contributed by atoms with E-state index in [1.165, 1.54) is 5.56 Å². The van der Waals surface area contributed by atoms with Gasteiger partial charge < -0.3 is 15.2 Å². The smallest absolute Gasteiger partial charge is 0.253 e. The number of benzene rings is 1. The van der Waals surface area contributed by atoms with Gasteiger partial charge in [0.1, 0.15) is 0 Å². The molecule has 0 aliphatic carbocycles. The second-order valence-electron chi connectivity index (χ2n) is 6.48. The van der Waals surface area contributed by atoms with E-state index in [0.717, 1.165) is 48.6 Å². The molecule has 1 aliphatic heterocycles. The summed E-state index contributed by atoms with van der Waals surface area (Å²) in [5.74, 6) is 0.0331. The Bertz CT molecular complexity index is 711. The van der Waals surface area contributed by atoms with E-state index < -0.39 is 0 Å². The number of rotatable bonds is 3. The summed E-state index contributed by atoms with van der Waals surface area (Å²) in [6.07, 6.45) is 2.17. The van der Waals surface area contributed by atoms with Crippen LogP contribution in [0.5, 0.6) is 0 Å². The minimum atomic E-state index is 0.0331. The molecular formula is C19H25N3O. The van der Waals surface area contributed by atoms with Gasteiger partial charge in [0.05, 0.1) is 5.56 Å². The third-order valence-electron chi connectivity index (χ3n) is 4.57. The van der Waals surface area contributed by atoms with Crippen molar-refractivity contribution in [3.05, 3.63) is 52.8 Å². The average molecular weight is 311 g/mol. The first-order chi connectivity index (χ1) is 11.1. The van der Waals surface area contributed by atoms with Gasteiger partial charge in [0.2, 0.25) is 0 Å². The Morgan fingerprint density at radius 2 is 2.09 bits per heavy atom. The number of hydrogen-bond acceptors (Lipinski definition) is 2. The highest BCUT2D eigenvalue weighted by atomic mass is 16.1. The summed E-state index contributed by atoms with van der Waals surface area (Å²) in [5, 5.41) is 6.50. The standard InChI is InChI=1S/C19H25N3O/c1-13-6-4-8-17(10-13)22-14(2)11-18(15(22)3)19(23)21-16-7-5-9-20-12-16/h4,6,8,10-11,16,20H,5,7,9,12H2,1-3H3,(H,21,23)/t16-/m0/s1. The van der Waals surface area contributed by atoms with Crippen LogP contribution in [0, 0.1) is 20.8 Å². The van der Waals surface area contributed by atoms with E-state index in [1.807, 2.05) is 19.9 Å². The van der Waals surface area contributed by atoms with Gasteiger partial charge in [-0.05, 0) is 63.9 Å². The lowest BCUT2D eigenvalue weighted by atomic mass is 10.1. The number of carbonyl (C=O) groups is 1. The van der Waals surface area contributed by atoms with E-state index in [-0.39, 0.29) is 11.9 Å². The van der Waals surface area contributed by atoms with Crippen molar-refractivity contribution in [1.82, 2.24) is 15.2 Å². The van der Waals surface area contributed by atoms with Crippen LogP contribution >= 0.6 is 0 Å². The minimum Gasteiger partial charge on any atom is -0.348 e. The highest BCUT2D eigenvalue weighted by Crippen LogP contribution is 2.21. The van der Waals surface area contributed by atoms with E-state index in [2.05, 4.69) is 46.4 Å². The molecule has 1 aromatic heterocycles. The van der Waals surface area contributed by atoms with E-state index >= 15 is 0 Å². The number of amides is 1. The molecule has 0 bridgehead atoms. The summed E-state index contributed by atoms with van der Waals surface area (Å²) in [7, 11) is 0. The van der Waals surface area contributed by atoms with Crippen molar-refractivity contribution in [2.24, 2.45) is 0 Å². The molecule has 2 heterocycles. The molecule has 2 N–H and O–H groups in total. The highest BCUT2D eigenvalue weighted by molar-refractivity contribution is 5.96. The highest BCUT2D eigenvalue weighted by Gasteiger charge is 2.20. The third kappa shape index (κ3) is 3.32. The van der Waals surface area contributed by atoms with Crippen LogP contribution in [-0.4, -0.2) is 29.6 Å². The summed E-state index contributed by atoms with van der Waals surface area (Å²) < 4.78 is 2.15. The van der Waals surface area contributed by atoms with Crippen LogP contribution in [0.15, 0.2) is 30.3 Å². The minimum absolute atomic E-state index is 0.0331. The van der Waals surface area contributed by atoms with Gasteiger partial charge >= 0.3 is 0 Å². The summed E-state index contributed by atoms with van der Waals surface area (Å²) in [6.45, 7) is 8.07. The third-order valence-corrected chi connectivity index (χ3v) is 4.57. The van der Waals surface area contributed by atoms with Crippen LogP contribution in [0.4, 0.5) is 0 Å². The monoisotopic (exact) mass is 311 g/mol. The second-order valence-corrected chi connectivity index (χ2v) is 6.48. The van der Waals surface area contributed by atoms with Crippen molar-refractivity contribution < 1.29 is 4.79 Å². The average Bonchev–Trinajstić information content (AvgIpc) is 2.83. The molecule has 0 saturated carbocycles. The molecule has 1 amide bonds. The second kappa shape index (κ2) is 6.59. The molecule has 2 aromatic rings. The molecule has 1 aliphatic rings. The van der Waals surface area contributed by atoms with E-state index in [0.29, 0.717) is 0 Å². The normalized spacial score (nSPS) is 18.0. The van der Waals surface area contributed by atoms with Crippen LogP contribution in [0.2, 0.25) is 0 Å². The molecule has 4 heteroatoms. The zero-order valence-corrected chi connectivity index (χ0v) is 14.1. The maximum atomic E-state index is 12.6. The van der Waals surface area contributed by atoms with Gasteiger partial charge in [-0.15, -0.1) is 0 Å². The Labute approximate surface area is 137 Å². The van der Waals surface area contributed by atoms with Crippen LogP contribution in [0.3, 0.4) is 0 Å². The molecule has 23 heavy (non-hydrogen) atoms. The molecule has 1 atom stereocenters. The number of nitrogens with one attached hydrogen (secondary N) is 2. The molecular weight excluding hydrogens is 286 g/mol. The number of aryl methyl sites for hydroxylation is 2. The number of hydrogen-bond donors (Lipinski definition) is 2. The predicted molar refractivity (Wildman–Crippen MR) is 93.3 cm³/mol. The molecule has 122 valence electrons. The zero-order valence-electron chi connectivity index (χ0n) is 14.1. The quantitative estimate of drug-likeness (QED) is 0.915. The maximum Gasteiger partial charge on any atom is 0.253 e. The number of carbonyl (C=O) groups excluding carboxylic acids is 1. The Morgan fingerprint density at radius 3 is 2.78 bits per heavy atom. The van der Waals surface area contributed by atoms with Gasteiger partial charge in [-0.25, -0.2) is 0 Å². The van der Waals surface area contributed by atoms with Gasteiger partial charge in [0.15, 0.2) is 0 Å². The van der Waals surface area contributed by atoms with E-state index in [4.69, 9.17) is 0 Å². The maximum absolute atomic E-state index is 12.6. The van der Waals surface area contributed by atoms with E-state index in [1.54, 1.807) is 0 Å². The van der Waals surface area contributed by atoms with Crippen molar-refractivity contribution >= 4 is 5.91 Å². The molecule has 3 rings (SSSR count). The number of aromatic nitrogens is 1. The Morgan fingerprint density at radius 1 is 1.26 bits per heavy atom. The fourth-order valence-electron chi connectivity index (χ4n) is 3.40. The van der Waals surface area contributed by atoms with Gasteiger partial charge in [0.25, 0.3) is 5.91 Å². The van der Waals surface area contributed by atoms with Crippen molar-refractivity contribution in [3.8, 4) is 5.69 Å². The SMILES string of the molecule is Cc1cccc(-n2c(C)cc(C(=O)N[C@H]3CCCNC3)c2C)c1. The topological polar surface area (TPSA) is 46.1 Å². The van der Waals surface area contributed by atoms with Crippen LogP contribution in [0.1, 0.15) is 40.2 Å². The Balaban J connectivity index is 1.86. The molecule has 1 saturated heterocycles. The van der Waals surface area contributed by atoms with Crippen molar-refractivity contribution in [1.29, 1.82) is 0 Å². The molecule has 0 unspecified atom stereocenters. The summed E-state index contributed by atoms with van der Waals surface area (Å²) in [4.78, 5) is 12.6. The zero-order chi connectivity index (χ0) is 16.4. The molecule has 0 spiro atoms. The summed E-state index contributed by atoms with van der Waals surface area (Å²) >= 11 is 0. The first-order valence-corrected chi connectivity index (χ1v) is 8.34. The number of piperidine rings is 1. The van der Waals surface area contributed by atoms with E-state index in [9.17, 15) is 4.79 Å². The Kier molecular flexibility index (Phi) is 4.53. The fraction of sp³-hybridized carbons (Fsp3) is 0.421. The van der Waals surface area contributed by atoms with Gasteiger partial charge in [-0.3, -0.25) is 4.79 Å². The van der Waals surface area contributed by atoms with Crippen LogP contribution in [-0.2, 0) is 0 Å². The van der Waals surface area contributed by atoms with Gasteiger partial charge in [-0.1, -0.05) is 12.1 Å². The van der Waals surface area contributed by atoms with Crippen LogP contribution in [0.25, 0.3) is 5.69 Å². The van der Waals surface area contributed by atoms with Gasteiger partial charge in [-0.2, -0.15) is 0 Å². The first kappa shape index (κ1) is 15.8. The first-order valence-electron chi connectivity index (χ1n) is 8.34. The largest absolute Gasteiger partial charge is 0.348 e. The van der Waals surface area contributed by atoms with Crippen molar-refractivity contribution in [3.63, 3.8) is 0 Å². The fourth-order valence-corrected chi connectivity index (χ4v) is 3.40. The van der Waals surface area contributed by atoms with Crippen molar-refractivity contribution in [2.45, 2.75) is 39.7 Å². The molecule has 4 nitrogen and oxygen atoms in total.